The number of anilines is 2. The van der Waals surface area contributed by atoms with Gasteiger partial charge in [-0.3, -0.25) is 9.78 Å². The van der Waals surface area contributed by atoms with Crippen molar-refractivity contribution in [1.29, 1.82) is 0 Å². The van der Waals surface area contributed by atoms with E-state index in [1.807, 2.05) is 5.38 Å². The Bertz CT molecular complexity index is 750. The molecule has 4 heterocycles. The van der Waals surface area contributed by atoms with Crippen molar-refractivity contribution in [2.24, 2.45) is 0 Å². The number of morpholine rings is 1. The van der Waals surface area contributed by atoms with Gasteiger partial charge in [0.15, 0.2) is 0 Å². The van der Waals surface area contributed by atoms with Crippen LogP contribution < -0.4 is 21.1 Å². The zero-order valence-corrected chi connectivity index (χ0v) is 14.8. The fraction of sp³-hybridized carbons (Fsp3) is 0.562. The normalized spacial score (nSPS) is 21.3. The Balaban J connectivity index is 1.70. The third kappa shape index (κ3) is 3.68. The molecule has 4 rings (SSSR count). The highest BCUT2D eigenvalue weighted by Crippen LogP contribution is 2.27. The van der Waals surface area contributed by atoms with E-state index in [9.17, 15) is 4.79 Å². The Morgan fingerprint density at radius 2 is 2.24 bits per heavy atom. The Labute approximate surface area is 149 Å². The Kier molecular flexibility index (Phi) is 4.95. The largest absolute Gasteiger partial charge is 0.378 e. The first-order valence-electron chi connectivity index (χ1n) is 8.65. The maximum atomic E-state index is 12.8. The first-order valence-corrected chi connectivity index (χ1v) is 9.53. The average Bonchev–Trinajstić information content (AvgIpc) is 3.17. The zero-order valence-electron chi connectivity index (χ0n) is 14.0. The summed E-state index contributed by atoms with van der Waals surface area (Å²) in [6.07, 6.45) is 3.89. The van der Waals surface area contributed by atoms with E-state index in [0.29, 0.717) is 35.6 Å². The van der Waals surface area contributed by atoms with Gasteiger partial charge in [0.05, 0.1) is 13.2 Å². The summed E-state index contributed by atoms with van der Waals surface area (Å²) >= 11 is 1.45. The number of ether oxygens (including phenoxy) is 1. The molecule has 3 N–H and O–H groups in total. The second-order valence-corrected chi connectivity index (χ2v) is 7.13. The van der Waals surface area contributed by atoms with Crippen LogP contribution in [0.2, 0.25) is 0 Å². The van der Waals surface area contributed by atoms with Crippen LogP contribution in [0.25, 0.3) is 10.6 Å². The van der Waals surface area contributed by atoms with Crippen LogP contribution in [0.1, 0.15) is 12.8 Å². The number of aromatic nitrogens is 3. The lowest BCUT2D eigenvalue weighted by atomic mass is 10.1. The molecule has 9 heteroatoms. The van der Waals surface area contributed by atoms with E-state index in [4.69, 9.17) is 9.72 Å². The predicted octanol–water partition coefficient (Wildman–Crippen LogP) is 0.894. The van der Waals surface area contributed by atoms with Crippen LogP contribution in [-0.4, -0.2) is 60.4 Å². The maximum Gasteiger partial charge on any atom is 0.264 e. The highest BCUT2D eigenvalue weighted by molar-refractivity contribution is 7.13. The average molecular weight is 362 g/mol. The van der Waals surface area contributed by atoms with Crippen LogP contribution in [0.5, 0.6) is 0 Å². The van der Waals surface area contributed by atoms with Crippen LogP contribution >= 0.6 is 11.3 Å². The van der Waals surface area contributed by atoms with Gasteiger partial charge < -0.3 is 20.3 Å². The molecular formula is C16H22N6O2S. The number of thiazole rings is 1. The van der Waals surface area contributed by atoms with Gasteiger partial charge in [-0.25, -0.2) is 4.98 Å². The summed E-state index contributed by atoms with van der Waals surface area (Å²) in [4.78, 5) is 26.8. The smallest absolute Gasteiger partial charge is 0.264 e. The zero-order chi connectivity index (χ0) is 17.1. The number of H-pyrrole nitrogens is 1. The summed E-state index contributed by atoms with van der Waals surface area (Å²) in [5.74, 6) is 1.22. The molecule has 0 aromatic carbocycles. The van der Waals surface area contributed by atoms with Crippen LogP contribution in [0.4, 0.5) is 11.8 Å². The maximum absolute atomic E-state index is 12.8. The van der Waals surface area contributed by atoms with Gasteiger partial charge in [-0.05, 0) is 19.4 Å². The van der Waals surface area contributed by atoms with Crippen molar-refractivity contribution in [2.75, 3.05) is 49.6 Å². The van der Waals surface area contributed by atoms with Crippen molar-refractivity contribution in [1.82, 2.24) is 20.3 Å². The van der Waals surface area contributed by atoms with Gasteiger partial charge in [0.1, 0.15) is 16.4 Å². The minimum absolute atomic E-state index is 0.155. The molecule has 0 radical (unpaired) electrons. The standard InChI is InChI=1S/C16H22N6O2S/c23-14-12(15-18-4-9-25-15)13(19-11-2-1-3-17-10-11)20-16(21-14)22-5-7-24-8-6-22/h4,9,11,17H,1-3,5-8,10H2,(H2,19,20,21,23)/t11-/m1/s1. The van der Waals surface area contributed by atoms with E-state index in [0.717, 1.165) is 39.0 Å². The van der Waals surface area contributed by atoms with Crippen LogP contribution in [0, 0.1) is 0 Å². The highest BCUT2D eigenvalue weighted by Gasteiger charge is 2.22. The summed E-state index contributed by atoms with van der Waals surface area (Å²) in [5.41, 5.74) is 0.371. The lowest BCUT2D eigenvalue weighted by Crippen LogP contribution is -2.40. The quantitative estimate of drug-likeness (QED) is 0.743. The molecule has 0 saturated carbocycles. The predicted molar refractivity (Wildman–Crippen MR) is 98.5 cm³/mol. The van der Waals surface area contributed by atoms with Crippen molar-refractivity contribution in [3.8, 4) is 10.6 Å². The Morgan fingerprint density at radius 1 is 1.36 bits per heavy atom. The molecule has 2 saturated heterocycles. The molecular weight excluding hydrogens is 340 g/mol. The molecule has 2 aromatic rings. The molecule has 0 amide bonds. The number of nitrogens with zero attached hydrogens (tertiary/aromatic N) is 3. The van der Waals surface area contributed by atoms with Crippen molar-refractivity contribution in [3.63, 3.8) is 0 Å². The molecule has 8 nitrogen and oxygen atoms in total. The molecule has 134 valence electrons. The van der Waals surface area contributed by atoms with E-state index in [2.05, 4.69) is 25.5 Å². The minimum Gasteiger partial charge on any atom is -0.378 e. The molecule has 2 fully saturated rings. The monoisotopic (exact) mass is 362 g/mol. The van der Waals surface area contributed by atoms with Crippen LogP contribution in [0.3, 0.4) is 0 Å². The summed E-state index contributed by atoms with van der Waals surface area (Å²) in [6.45, 7) is 4.66. The van der Waals surface area contributed by atoms with Crippen LogP contribution in [0.15, 0.2) is 16.4 Å². The second-order valence-electron chi connectivity index (χ2n) is 6.24. The summed E-state index contributed by atoms with van der Waals surface area (Å²) in [7, 11) is 0. The van der Waals surface area contributed by atoms with Gasteiger partial charge in [-0.2, -0.15) is 4.98 Å². The number of rotatable bonds is 4. The van der Waals surface area contributed by atoms with E-state index < -0.39 is 0 Å². The van der Waals surface area contributed by atoms with E-state index in [1.54, 1.807) is 6.20 Å². The fourth-order valence-electron chi connectivity index (χ4n) is 3.20. The minimum atomic E-state index is -0.155. The third-order valence-corrected chi connectivity index (χ3v) is 5.29. The number of piperidine rings is 1. The van der Waals surface area contributed by atoms with Gasteiger partial charge in [-0.15, -0.1) is 11.3 Å². The van der Waals surface area contributed by atoms with Gasteiger partial charge in [0.2, 0.25) is 5.95 Å². The summed E-state index contributed by atoms with van der Waals surface area (Å²) < 4.78 is 5.39. The molecule has 0 unspecified atom stereocenters. The lowest BCUT2D eigenvalue weighted by molar-refractivity contribution is 0.122. The Morgan fingerprint density at radius 3 is 2.96 bits per heavy atom. The fourth-order valence-corrected chi connectivity index (χ4v) is 3.88. The molecule has 1 atom stereocenters. The van der Waals surface area contributed by atoms with Crippen molar-refractivity contribution < 1.29 is 4.74 Å². The van der Waals surface area contributed by atoms with E-state index >= 15 is 0 Å². The van der Waals surface area contributed by atoms with Gasteiger partial charge in [0, 0.05) is 37.3 Å². The molecule has 2 aromatic heterocycles. The molecule has 0 aliphatic carbocycles. The third-order valence-electron chi connectivity index (χ3n) is 4.50. The van der Waals surface area contributed by atoms with Crippen molar-refractivity contribution in [3.05, 3.63) is 21.9 Å². The SMILES string of the molecule is O=c1[nH]c(N2CCOCC2)nc(N[C@@H]2CCCNC2)c1-c1nccs1. The van der Waals surface area contributed by atoms with Gasteiger partial charge in [-0.1, -0.05) is 0 Å². The van der Waals surface area contributed by atoms with Crippen molar-refractivity contribution >= 4 is 23.1 Å². The van der Waals surface area contributed by atoms with Crippen LogP contribution in [-0.2, 0) is 4.74 Å². The molecule has 0 spiro atoms. The first-order chi connectivity index (χ1) is 12.3. The first kappa shape index (κ1) is 16.5. The van der Waals surface area contributed by atoms with E-state index in [-0.39, 0.29) is 11.6 Å². The molecule has 2 aliphatic heterocycles. The topological polar surface area (TPSA) is 95.2 Å². The number of aromatic amines is 1. The molecule has 25 heavy (non-hydrogen) atoms. The number of hydrogen-bond donors (Lipinski definition) is 3. The van der Waals surface area contributed by atoms with Gasteiger partial charge >= 0.3 is 0 Å². The Hall–Kier alpha value is -1.97. The summed E-state index contributed by atoms with van der Waals surface area (Å²) in [6, 6.07) is 0.263. The number of nitrogens with one attached hydrogen (secondary N) is 3. The lowest BCUT2D eigenvalue weighted by Gasteiger charge is -2.29. The number of hydrogen-bond acceptors (Lipinski definition) is 8. The van der Waals surface area contributed by atoms with Crippen molar-refractivity contribution in [2.45, 2.75) is 18.9 Å². The van der Waals surface area contributed by atoms with Gasteiger partial charge in [0.25, 0.3) is 5.56 Å². The summed E-state index contributed by atoms with van der Waals surface area (Å²) in [5, 5.41) is 9.42. The molecule has 2 aliphatic rings. The van der Waals surface area contributed by atoms with E-state index in [1.165, 1.54) is 11.3 Å². The highest BCUT2D eigenvalue weighted by atomic mass is 32.1. The second kappa shape index (κ2) is 7.51. The molecule has 0 bridgehead atoms.